The highest BCUT2D eigenvalue weighted by Crippen LogP contribution is 2.18. The van der Waals surface area contributed by atoms with Crippen molar-refractivity contribution in [2.45, 2.75) is 26.3 Å². The SMILES string of the molecule is CCCc1ccccc1NCc1cn2cc(Cl)ccc2n1. The fourth-order valence-electron chi connectivity index (χ4n) is 2.47. The molecule has 0 amide bonds. The third kappa shape index (κ3) is 3.19. The zero-order valence-corrected chi connectivity index (χ0v) is 12.8. The summed E-state index contributed by atoms with van der Waals surface area (Å²) < 4.78 is 1.96. The molecule has 0 fully saturated rings. The molecular weight excluding hydrogens is 282 g/mol. The number of hydrogen-bond acceptors (Lipinski definition) is 2. The van der Waals surface area contributed by atoms with Crippen molar-refractivity contribution in [1.82, 2.24) is 9.38 Å². The molecule has 0 atom stereocenters. The standard InChI is InChI=1S/C17H18ClN3/c1-2-5-13-6-3-4-7-16(13)19-10-15-12-21-11-14(18)8-9-17(21)20-15/h3-4,6-9,11-12,19H,2,5,10H2,1H3. The summed E-state index contributed by atoms with van der Waals surface area (Å²) in [6.07, 6.45) is 6.12. The van der Waals surface area contributed by atoms with E-state index >= 15 is 0 Å². The molecule has 0 radical (unpaired) electrons. The van der Waals surface area contributed by atoms with Crippen LogP contribution in [0, 0.1) is 0 Å². The highest BCUT2D eigenvalue weighted by molar-refractivity contribution is 6.30. The number of para-hydroxylation sites is 1. The maximum Gasteiger partial charge on any atom is 0.137 e. The second kappa shape index (κ2) is 6.19. The first kappa shape index (κ1) is 14.0. The topological polar surface area (TPSA) is 29.3 Å². The van der Waals surface area contributed by atoms with Crippen LogP contribution in [0.1, 0.15) is 24.6 Å². The van der Waals surface area contributed by atoms with Gasteiger partial charge in [-0.3, -0.25) is 0 Å². The Morgan fingerprint density at radius 2 is 2.00 bits per heavy atom. The lowest BCUT2D eigenvalue weighted by Crippen LogP contribution is -2.02. The summed E-state index contributed by atoms with van der Waals surface area (Å²) in [5, 5.41) is 4.20. The van der Waals surface area contributed by atoms with E-state index < -0.39 is 0 Å². The van der Waals surface area contributed by atoms with E-state index in [-0.39, 0.29) is 0 Å². The monoisotopic (exact) mass is 299 g/mol. The number of anilines is 1. The molecule has 0 saturated heterocycles. The number of halogens is 1. The van der Waals surface area contributed by atoms with E-state index in [0.717, 1.165) is 24.2 Å². The van der Waals surface area contributed by atoms with E-state index in [0.29, 0.717) is 11.6 Å². The molecule has 21 heavy (non-hydrogen) atoms. The molecule has 1 aromatic carbocycles. The highest BCUT2D eigenvalue weighted by Gasteiger charge is 2.04. The van der Waals surface area contributed by atoms with Crippen LogP contribution in [0.2, 0.25) is 5.02 Å². The minimum atomic E-state index is 0.708. The van der Waals surface area contributed by atoms with Gasteiger partial charge in [-0.1, -0.05) is 43.1 Å². The van der Waals surface area contributed by atoms with E-state index in [4.69, 9.17) is 11.6 Å². The van der Waals surface area contributed by atoms with Crippen LogP contribution in [0.5, 0.6) is 0 Å². The van der Waals surface area contributed by atoms with Crippen LogP contribution in [-0.2, 0) is 13.0 Å². The van der Waals surface area contributed by atoms with Crippen LogP contribution in [0.3, 0.4) is 0 Å². The normalized spacial score (nSPS) is 11.0. The average Bonchev–Trinajstić information content (AvgIpc) is 2.88. The van der Waals surface area contributed by atoms with Crippen LogP contribution in [0.4, 0.5) is 5.69 Å². The van der Waals surface area contributed by atoms with E-state index in [1.54, 1.807) is 0 Å². The number of nitrogens with one attached hydrogen (secondary N) is 1. The molecule has 0 unspecified atom stereocenters. The number of aryl methyl sites for hydroxylation is 1. The van der Waals surface area contributed by atoms with Gasteiger partial charge in [-0.15, -0.1) is 0 Å². The number of nitrogens with zero attached hydrogens (tertiary/aromatic N) is 2. The molecule has 3 nitrogen and oxygen atoms in total. The number of imidazole rings is 1. The molecule has 2 heterocycles. The maximum absolute atomic E-state index is 5.99. The summed E-state index contributed by atoms with van der Waals surface area (Å²) in [6, 6.07) is 12.2. The Labute approximate surface area is 129 Å². The second-order valence-electron chi connectivity index (χ2n) is 5.11. The number of hydrogen-bond donors (Lipinski definition) is 1. The molecule has 0 spiro atoms. The lowest BCUT2D eigenvalue weighted by molar-refractivity contribution is 0.918. The largest absolute Gasteiger partial charge is 0.379 e. The molecular formula is C17H18ClN3. The summed E-state index contributed by atoms with van der Waals surface area (Å²) in [6.45, 7) is 2.91. The molecule has 1 N–H and O–H groups in total. The highest BCUT2D eigenvalue weighted by atomic mass is 35.5. The molecule has 0 saturated carbocycles. The van der Waals surface area contributed by atoms with Crippen molar-refractivity contribution in [2.75, 3.05) is 5.32 Å². The molecule has 4 heteroatoms. The van der Waals surface area contributed by atoms with Crippen LogP contribution >= 0.6 is 11.6 Å². The smallest absolute Gasteiger partial charge is 0.137 e. The van der Waals surface area contributed by atoms with Gasteiger partial charge < -0.3 is 9.72 Å². The number of aromatic nitrogens is 2. The van der Waals surface area contributed by atoms with Crippen molar-refractivity contribution in [1.29, 1.82) is 0 Å². The molecule has 0 bridgehead atoms. The van der Waals surface area contributed by atoms with Gasteiger partial charge in [0.25, 0.3) is 0 Å². The lowest BCUT2D eigenvalue weighted by atomic mass is 10.1. The molecule has 3 rings (SSSR count). The maximum atomic E-state index is 5.99. The van der Waals surface area contributed by atoms with Gasteiger partial charge in [-0.25, -0.2) is 4.98 Å². The first-order valence-electron chi connectivity index (χ1n) is 7.21. The van der Waals surface area contributed by atoms with Gasteiger partial charge in [-0.2, -0.15) is 0 Å². The lowest BCUT2D eigenvalue weighted by Gasteiger charge is -2.10. The first-order valence-corrected chi connectivity index (χ1v) is 7.59. The van der Waals surface area contributed by atoms with Crippen molar-refractivity contribution in [2.24, 2.45) is 0 Å². The Hall–Kier alpha value is -2.00. The van der Waals surface area contributed by atoms with Crippen LogP contribution < -0.4 is 5.32 Å². The Bertz CT molecular complexity index is 749. The zero-order chi connectivity index (χ0) is 14.7. The Morgan fingerprint density at radius 1 is 1.14 bits per heavy atom. The molecule has 0 aliphatic rings. The van der Waals surface area contributed by atoms with Crippen LogP contribution in [0.25, 0.3) is 5.65 Å². The molecule has 0 aliphatic heterocycles. The third-order valence-corrected chi connectivity index (χ3v) is 3.69. The average molecular weight is 300 g/mol. The zero-order valence-electron chi connectivity index (χ0n) is 12.0. The van der Waals surface area contributed by atoms with Gasteiger partial charge in [0, 0.05) is 18.1 Å². The van der Waals surface area contributed by atoms with Gasteiger partial charge in [0.15, 0.2) is 0 Å². The van der Waals surface area contributed by atoms with Crippen molar-refractivity contribution in [3.05, 3.63) is 65.1 Å². The van der Waals surface area contributed by atoms with E-state index in [9.17, 15) is 0 Å². The van der Waals surface area contributed by atoms with Gasteiger partial charge in [0.05, 0.1) is 17.3 Å². The van der Waals surface area contributed by atoms with Crippen LogP contribution in [-0.4, -0.2) is 9.38 Å². The summed E-state index contributed by atoms with van der Waals surface area (Å²) in [7, 11) is 0. The summed E-state index contributed by atoms with van der Waals surface area (Å²) in [5.74, 6) is 0. The Morgan fingerprint density at radius 3 is 2.86 bits per heavy atom. The minimum Gasteiger partial charge on any atom is -0.379 e. The summed E-state index contributed by atoms with van der Waals surface area (Å²) in [5.41, 5.74) is 4.46. The van der Waals surface area contributed by atoms with E-state index in [2.05, 4.69) is 41.5 Å². The Kier molecular flexibility index (Phi) is 4.11. The quantitative estimate of drug-likeness (QED) is 0.749. The van der Waals surface area contributed by atoms with Gasteiger partial charge in [0.1, 0.15) is 5.65 Å². The fraction of sp³-hybridized carbons (Fsp3) is 0.235. The van der Waals surface area contributed by atoms with Gasteiger partial charge in [-0.05, 0) is 30.2 Å². The molecule has 3 aromatic rings. The molecule has 0 aliphatic carbocycles. The summed E-state index contributed by atoms with van der Waals surface area (Å²) >= 11 is 5.99. The number of pyridine rings is 1. The number of benzene rings is 1. The van der Waals surface area contributed by atoms with Crippen molar-refractivity contribution < 1.29 is 0 Å². The van der Waals surface area contributed by atoms with Crippen LogP contribution in [0.15, 0.2) is 48.8 Å². The predicted molar refractivity (Wildman–Crippen MR) is 88.0 cm³/mol. The molecule has 2 aromatic heterocycles. The second-order valence-corrected chi connectivity index (χ2v) is 5.54. The number of rotatable bonds is 5. The predicted octanol–water partition coefficient (Wildman–Crippen LogP) is 4.55. The van der Waals surface area contributed by atoms with E-state index in [1.807, 2.05) is 28.9 Å². The molecule has 108 valence electrons. The van der Waals surface area contributed by atoms with E-state index in [1.165, 1.54) is 11.3 Å². The number of fused-ring (bicyclic) bond motifs is 1. The van der Waals surface area contributed by atoms with Crippen molar-refractivity contribution in [3.63, 3.8) is 0 Å². The van der Waals surface area contributed by atoms with Crippen molar-refractivity contribution in [3.8, 4) is 0 Å². The first-order chi connectivity index (χ1) is 10.3. The fourth-order valence-corrected chi connectivity index (χ4v) is 2.64. The third-order valence-electron chi connectivity index (χ3n) is 3.46. The van der Waals surface area contributed by atoms with Gasteiger partial charge >= 0.3 is 0 Å². The minimum absolute atomic E-state index is 0.708. The van der Waals surface area contributed by atoms with Gasteiger partial charge in [0.2, 0.25) is 0 Å². The van der Waals surface area contributed by atoms with Crippen molar-refractivity contribution >= 4 is 22.9 Å². The Balaban J connectivity index is 1.77. The summed E-state index contributed by atoms with van der Waals surface area (Å²) in [4.78, 5) is 4.59.